The van der Waals surface area contributed by atoms with Gasteiger partial charge in [-0.15, -0.1) is 0 Å². The number of hydrazone groups is 1. The summed E-state index contributed by atoms with van der Waals surface area (Å²) >= 11 is 1.18. The van der Waals surface area contributed by atoms with E-state index in [0.29, 0.717) is 39.8 Å². The first kappa shape index (κ1) is 26.9. The number of amides is 1. The molecular weight excluding hydrogens is 520 g/mol. The maximum absolute atomic E-state index is 13.4. The summed E-state index contributed by atoms with van der Waals surface area (Å²) in [7, 11) is 0. The van der Waals surface area contributed by atoms with E-state index in [1.165, 1.54) is 16.3 Å². The summed E-state index contributed by atoms with van der Waals surface area (Å²) in [5.41, 5.74) is 7.49. The molecule has 0 aliphatic carbocycles. The molecule has 0 unspecified atom stereocenters. The molecule has 1 heterocycles. The van der Waals surface area contributed by atoms with Crippen molar-refractivity contribution in [2.45, 2.75) is 19.0 Å². The molecule has 5 aromatic rings. The number of nitrogens with zero attached hydrogens (tertiary/aromatic N) is 3. The highest BCUT2D eigenvalue weighted by atomic mass is 32.2. The lowest BCUT2D eigenvalue weighted by Crippen LogP contribution is -2.24. The number of nitrogens with one attached hydrogen (secondary N) is 1. The fourth-order valence-corrected chi connectivity index (χ4v) is 5.01. The Morgan fingerprint density at radius 3 is 2.30 bits per heavy atom. The number of thioether (sulfide) groups is 1. The number of hydrogen-bond acceptors (Lipinski definition) is 6. The summed E-state index contributed by atoms with van der Waals surface area (Å²) in [6, 6.07) is 32.6. The van der Waals surface area contributed by atoms with Gasteiger partial charge in [-0.25, -0.2) is 10.4 Å². The summed E-state index contributed by atoms with van der Waals surface area (Å²) in [6.07, 6.45) is 0. The molecule has 0 bridgehead atoms. The van der Waals surface area contributed by atoms with Crippen molar-refractivity contribution in [2.75, 3.05) is 12.4 Å². The normalized spacial score (nSPS) is 11.4. The van der Waals surface area contributed by atoms with Crippen molar-refractivity contribution < 1.29 is 9.53 Å². The van der Waals surface area contributed by atoms with Gasteiger partial charge in [0.1, 0.15) is 5.75 Å². The second-order valence-electron chi connectivity index (χ2n) is 8.94. The van der Waals surface area contributed by atoms with E-state index in [1.54, 1.807) is 12.1 Å². The average Bonchev–Trinajstić information content (AvgIpc) is 3.00. The Kier molecular flexibility index (Phi) is 8.37. The number of para-hydroxylation sites is 1. The first-order chi connectivity index (χ1) is 19.5. The second-order valence-corrected chi connectivity index (χ2v) is 9.89. The molecule has 1 aromatic heterocycles. The van der Waals surface area contributed by atoms with Gasteiger partial charge < -0.3 is 4.74 Å². The van der Waals surface area contributed by atoms with Crippen LogP contribution in [-0.2, 0) is 4.79 Å². The van der Waals surface area contributed by atoms with Crippen LogP contribution in [0.5, 0.6) is 5.75 Å². The molecule has 0 spiro atoms. The SMILES string of the molecule is CCOc1ccc(-n2c(SCC(=O)NN=C(C)c3ccc(-c4ccccc4)cc3)nc3ccccc3c2=O)cc1. The number of ether oxygens (including phenoxy) is 1. The lowest BCUT2D eigenvalue weighted by molar-refractivity contribution is -0.118. The summed E-state index contributed by atoms with van der Waals surface area (Å²) in [4.78, 5) is 30.9. The van der Waals surface area contributed by atoms with E-state index in [-0.39, 0.29) is 17.2 Å². The number of carbonyl (C=O) groups is 1. The van der Waals surface area contributed by atoms with E-state index in [4.69, 9.17) is 9.72 Å². The van der Waals surface area contributed by atoms with Crippen LogP contribution in [0.4, 0.5) is 0 Å². The molecule has 5 rings (SSSR count). The molecule has 0 fully saturated rings. The van der Waals surface area contributed by atoms with Gasteiger partial charge in [0.25, 0.3) is 11.5 Å². The van der Waals surface area contributed by atoms with Gasteiger partial charge in [0, 0.05) is 0 Å². The minimum absolute atomic E-state index is 0.0333. The van der Waals surface area contributed by atoms with Crippen LogP contribution in [0.3, 0.4) is 0 Å². The average molecular weight is 549 g/mol. The Morgan fingerprint density at radius 1 is 0.900 bits per heavy atom. The van der Waals surface area contributed by atoms with Gasteiger partial charge >= 0.3 is 0 Å². The Hall–Kier alpha value is -4.69. The van der Waals surface area contributed by atoms with Crippen molar-refractivity contribution in [2.24, 2.45) is 5.10 Å². The zero-order valence-electron chi connectivity index (χ0n) is 22.2. The van der Waals surface area contributed by atoms with Gasteiger partial charge in [-0.3, -0.25) is 14.2 Å². The van der Waals surface area contributed by atoms with Crippen LogP contribution < -0.4 is 15.7 Å². The minimum Gasteiger partial charge on any atom is -0.494 e. The van der Waals surface area contributed by atoms with Gasteiger partial charge in [-0.1, -0.05) is 78.5 Å². The van der Waals surface area contributed by atoms with E-state index < -0.39 is 0 Å². The largest absolute Gasteiger partial charge is 0.494 e. The topological polar surface area (TPSA) is 85.6 Å². The fraction of sp³-hybridized carbons (Fsp3) is 0.125. The Labute approximate surface area is 236 Å². The zero-order valence-corrected chi connectivity index (χ0v) is 23.0. The molecule has 0 aliphatic rings. The van der Waals surface area contributed by atoms with Crippen molar-refractivity contribution in [1.29, 1.82) is 0 Å². The summed E-state index contributed by atoms with van der Waals surface area (Å²) in [6.45, 7) is 4.31. The number of rotatable bonds is 9. The third-order valence-corrected chi connectivity index (χ3v) is 7.18. The predicted octanol–water partition coefficient (Wildman–Crippen LogP) is 6.08. The predicted molar refractivity (Wildman–Crippen MR) is 161 cm³/mol. The van der Waals surface area contributed by atoms with Crippen LogP contribution in [-0.4, -0.2) is 33.5 Å². The van der Waals surface area contributed by atoms with E-state index in [2.05, 4.69) is 22.7 Å². The molecule has 0 radical (unpaired) electrons. The summed E-state index contributed by atoms with van der Waals surface area (Å²) < 4.78 is 7.06. The molecule has 1 N–H and O–H groups in total. The molecule has 0 aliphatic heterocycles. The van der Waals surface area contributed by atoms with Gasteiger partial charge in [0.05, 0.1) is 34.7 Å². The highest BCUT2D eigenvalue weighted by molar-refractivity contribution is 7.99. The fourth-order valence-electron chi connectivity index (χ4n) is 4.20. The van der Waals surface area contributed by atoms with E-state index in [0.717, 1.165) is 16.7 Å². The van der Waals surface area contributed by atoms with Crippen molar-refractivity contribution in [3.05, 3.63) is 119 Å². The molecule has 0 saturated carbocycles. The van der Waals surface area contributed by atoms with Crippen LogP contribution >= 0.6 is 11.8 Å². The lowest BCUT2D eigenvalue weighted by Gasteiger charge is -2.13. The van der Waals surface area contributed by atoms with Crippen LogP contribution in [0, 0.1) is 0 Å². The molecule has 1 amide bonds. The molecule has 4 aromatic carbocycles. The van der Waals surface area contributed by atoms with Crippen LogP contribution in [0.2, 0.25) is 0 Å². The van der Waals surface area contributed by atoms with E-state index in [9.17, 15) is 9.59 Å². The standard InChI is InChI=1S/C32H28N4O3S/c1-3-39-27-19-17-26(18-20-27)36-31(38)28-11-7-8-12-29(28)33-32(36)40-21-30(37)35-34-22(2)23-13-15-25(16-14-23)24-9-5-4-6-10-24/h4-20H,3,21H2,1-2H3,(H,35,37). The van der Waals surface area contributed by atoms with E-state index >= 15 is 0 Å². The number of carbonyl (C=O) groups excluding carboxylic acids is 1. The van der Waals surface area contributed by atoms with Crippen molar-refractivity contribution in [3.63, 3.8) is 0 Å². The molecule has 8 heteroatoms. The molecule has 7 nitrogen and oxygen atoms in total. The first-order valence-corrected chi connectivity index (χ1v) is 13.9. The second kappa shape index (κ2) is 12.4. The quantitative estimate of drug-likeness (QED) is 0.104. The first-order valence-electron chi connectivity index (χ1n) is 12.9. The molecule has 0 atom stereocenters. The highest BCUT2D eigenvalue weighted by Crippen LogP contribution is 2.23. The van der Waals surface area contributed by atoms with Crippen molar-refractivity contribution in [1.82, 2.24) is 15.0 Å². The third kappa shape index (κ3) is 6.13. The summed E-state index contributed by atoms with van der Waals surface area (Å²) in [5.74, 6) is 0.446. The van der Waals surface area contributed by atoms with Crippen LogP contribution in [0.1, 0.15) is 19.4 Å². The monoisotopic (exact) mass is 548 g/mol. The van der Waals surface area contributed by atoms with Crippen molar-refractivity contribution >= 4 is 34.3 Å². The highest BCUT2D eigenvalue weighted by Gasteiger charge is 2.15. The number of fused-ring (bicyclic) bond motifs is 1. The molecule has 200 valence electrons. The van der Waals surface area contributed by atoms with Crippen LogP contribution in [0.25, 0.3) is 27.7 Å². The number of aromatic nitrogens is 2. The van der Waals surface area contributed by atoms with Gasteiger partial charge in [-0.05, 0) is 66.9 Å². The van der Waals surface area contributed by atoms with Gasteiger partial charge in [0.2, 0.25) is 0 Å². The zero-order chi connectivity index (χ0) is 27.9. The maximum atomic E-state index is 13.4. The Bertz CT molecular complexity index is 1710. The maximum Gasteiger partial charge on any atom is 0.266 e. The lowest BCUT2D eigenvalue weighted by atomic mass is 10.0. The van der Waals surface area contributed by atoms with Crippen molar-refractivity contribution in [3.8, 4) is 22.6 Å². The molecule has 40 heavy (non-hydrogen) atoms. The Balaban J connectivity index is 1.31. The number of hydrogen-bond donors (Lipinski definition) is 1. The van der Waals surface area contributed by atoms with E-state index in [1.807, 2.05) is 92.7 Å². The third-order valence-electron chi connectivity index (χ3n) is 6.24. The molecular formula is C32H28N4O3S. The minimum atomic E-state index is -0.300. The Morgan fingerprint density at radius 2 is 1.57 bits per heavy atom. The van der Waals surface area contributed by atoms with Crippen LogP contribution in [0.15, 0.2) is 118 Å². The van der Waals surface area contributed by atoms with Gasteiger partial charge in [0.15, 0.2) is 5.16 Å². The number of benzene rings is 4. The smallest absolute Gasteiger partial charge is 0.266 e. The summed E-state index contributed by atoms with van der Waals surface area (Å²) in [5, 5.41) is 5.21. The molecule has 0 saturated heterocycles. The van der Waals surface area contributed by atoms with Gasteiger partial charge in [-0.2, -0.15) is 5.10 Å².